The molecule has 0 aliphatic carbocycles. The predicted octanol–water partition coefficient (Wildman–Crippen LogP) is 15.4. The molecule has 0 aliphatic heterocycles. The van der Waals surface area contributed by atoms with Gasteiger partial charge in [0.2, 0.25) is 5.91 Å². The molecule has 0 saturated heterocycles. The number of nitrogens with zero attached hydrogens (tertiary/aromatic N) is 1. The maximum atomic E-state index is 12.9. The maximum Gasteiger partial charge on any atom is 0.268 e. The molecule has 0 bridgehead atoms. The van der Waals surface area contributed by atoms with Crippen LogP contribution in [-0.4, -0.2) is 68.5 Å². The van der Waals surface area contributed by atoms with Crippen LogP contribution in [0, 0.1) is 0 Å². The number of quaternary nitrogens is 1. The van der Waals surface area contributed by atoms with Crippen molar-refractivity contribution in [2.45, 2.75) is 276 Å². The van der Waals surface area contributed by atoms with E-state index in [-0.39, 0.29) is 19.1 Å². The number of allylic oxidation sites excluding steroid dienone is 3. The Morgan fingerprint density at radius 2 is 0.873 bits per heavy atom. The SMILES string of the molecule is CCCCCCCC/C=C\CCCCCCCCCC(=O)NC(COP(=O)([O-])OCC[N+](C)(C)C)C(O)/C=C/CCCCCCCCCCCCCCCCCCCCCCCC. The van der Waals surface area contributed by atoms with Crippen molar-refractivity contribution in [2.24, 2.45) is 0 Å². The molecule has 1 amide bonds. The normalized spacial score (nSPS) is 14.2. The number of aliphatic hydroxyl groups excluding tert-OH is 1. The Morgan fingerprint density at radius 3 is 1.24 bits per heavy atom. The van der Waals surface area contributed by atoms with Gasteiger partial charge in [-0.3, -0.25) is 9.36 Å². The molecule has 8 nitrogen and oxygen atoms in total. The fourth-order valence-electron chi connectivity index (χ4n) is 8.09. The number of amides is 1. The third-order valence-electron chi connectivity index (χ3n) is 12.4. The van der Waals surface area contributed by atoms with Gasteiger partial charge in [-0.1, -0.05) is 237 Å². The van der Waals surface area contributed by atoms with Crippen LogP contribution >= 0.6 is 7.82 Å². The van der Waals surface area contributed by atoms with Gasteiger partial charge in [-0.05, 0) is 44.9 Å². The number of phosphoric acid groups is 1. The minimum Gasteiger partial charge on any atom is -0.756 e. The van der Waals surface area contributed by atoms with Crippen molar-refractivity contribution in [2.75, 3.05) is 40.9 Å². The number of aliphatic hydroxyl groups is 1. The highest BCUT2D eigenvalue weighted by molar-refractivity contribution is 7.45. The average Bonchev–Trinajstić information content (AvgIpc) is 3.24. The molecule has 63 heavy (non-hydrogen) atoms. The molecule has 2 N–H and O–H groups in total. The molecule has 0 aromatic carbocycles. The van der Waals surface area contributed by atoms with Crippen molar-refractivity contribution in [1.29, 1.82) is 0 Å². The Balaban J connectivity index is 4.24. The lowest BCUT2D eigenvalue weighted by Gasteiger charge is -2.29. The Labute approximate surface area is 392 Å². The van der Waals surface area contributed by atoms with E-state index in [2.05, 4.69) is 31.3 Å². The second-order valence-corrected chi connectivity index (χ2v) is 21.3. The molecule has 0 heterocycles. The zero-order valence-electron chi connectivity index (χ0n) is 42.5. The fraction of sp³-hybridized carbons (Fsp3) is 0.907. The van der Waals surface area contributed by atoms with Crippen LogP contribution in [-0.2, 0) is 18.4 Å². The Kier molecular flexibility index (Phi) is 45.4. The molecule has 0 aliphatic rings. The third kappa shape index (κ3) is 48.7. The van der Waals surface area contributed by atoms with Crippen molar-refractivity contribution >= 4 is 13.7 Å². The van der Waals surface area contributed by atoms with E-state index in [4.69, 9.17) is 9.05 Å². The summed E-state index contributed by atoms with van der Waals surface area (Å²) < 4.78 is 23.3. The van der Waals surface area contributed by atoms with Crippen molar-refractivity contribution in [3.05, 3.63) is 24.3 Å². The number of phosphoric ester groups is 1. The number of rotatable bonds is 50. The molecule has 374 valence electrons. The number of nitrogens with one attached hydrogen (secondary N) is 1. The average molecular weight is 911 g/mol. The van der Waals surface area contributed by atoms with Crippen LogP contribution in [0.3, 0.4) is 0 Å². The van der Waals surface area contributed by atoms with E-state index in [1.807, 2.05) is 27.2 Å². The van der Waals surface area contributed by atoms with E-state index in [0.717, 1.165) is 38.5 Å². The number of likely N-dealkylation sites (N-methyl/N-ethyl adjacent to an activating group) is 1. The Hall–Kier alpha value is -1.02. The summed E-state index contributed by atoms with van der Waals surface area (Å²) >= 11 is 0. The summed E-state index contributed by atoms with van der Waals surface area (Å²) in [5, 5.41) is 13.9. The van der Waals surface area contributed by atoms with Crippen LogP contribution in [0.5, 0.6) is 0 Å². The summed E-state index contributed by atoms with van der Waals surface area (Å²) in [4.78, 5) is 25.4. The molecular formula is C54H107N2O6P. The number of hydrogen-bond donors (Lipinski definition) is 2. The second-order valence-electron chi connectivity index (χ2n) is 19.9. The Morgan fingerprint density at radius 1 is 0.540 bits per heavy atom. The quantitative estimate of drug-likeness (QED) is 0.0272. The van der Waals surface area contributed by atoms with Gasteiger partial charge in [0.25, 0.3) is 7.82 Å². The third-order valence-corrected chi connectivity index (χ3v) is 13.4. The van der Waals surface area contributed by atoms with E-state index in [1.165, 1.54) is 205 Å². The van der Waals surface area contributed by atoms with Gasteiger partial charge in [-0.15, -0.1) is 0 Å². The minimum atomic E-state index is -4.59. The lowest BCUT2D eigenvalue weighted by atomic mass is 10.0. The van der Waals surface area contributed by atoms with E-state index in [9.17, 15) is 19.4 Å². The van der Waals surface area contributed by atoms with Crippen molar-refractivity contribution in [3.63, 3.8) is 0 Å². The lowest BCUT2D eigenvalue weighted by molar-refractivity contribution is -0.870. The van der Waals surface area contributed by atoms with Crippen LogP contribution in [0.1, 0.15) is 264 Å². The van der Waals surface area contributed by atoms with Gasteiger partial charge >= 0.3 is 0 Å². The van der Waals surface area contributed by atoms with Crippen LogP contribution in [0.25, 0.3) is 0 Å². The monoisotopic (exact) mass is 911 g/mol. The standard InChI is InChI=1S/C54H107N2O6P/c1-6-8-10-12-14-16-18-20-22-24-25-26-27-28-29-30-32-33-35-37-39-41-43-45-47-53(57)52(51-62-63(59,60)61-50-49-56(3,4)5)55-54(58)48-46-44-42-40-38-36-34-31-23-21-19-17-15-13-11-9-7-2/h21,23,45,47,52-53,57H,6-20,22,24-44,46,48-51H2,1-5H3,(H-,55,58,59,60)/b23-21-,47-45+. The van der Waals surface area contributed by atoms with Crippen LogP contribution in [0.2, 0.25) is 0 Å². The zero-order chi connectivity index (χ0) is 46.4. The number of hydrogen-bond acceptors (Lipinski definition) is 6. The van der Waals surface area contributed by atoms with Gasteiger partial charge in [0.15, 0.2) is 0 Å². The van der Waals surface area contributed by atoms with Gasteiger partial charge < -0.3 is 28.8 Å². The first kappa shape index (κ1) is 62.0. The highest BCUT2D eigenvalue weighted by Gasteiger charge is 2.23. The first-order valence-electron chi connectivity index (χ1n) is 27.2. The molecule has 0 fully saturated rings. The van der Waals surface area contributed by atoms with Gasteiger partial charge in [0.05, 0.1) is 39.9 Å². The molecular weight excluding hydrogens is 804 g/mol. The summed E-state index contributed by atoms with van der Waals surface area (Å²) in [6.07, 6.45) is 56.7. The molecule has 3 unspecified atom stereocenters. The first-order valence-corrected chi connectivity index (χ1v) is 28.7. The molecule has 0 rings (SSSR count). The smallest absolute Gasteiger partial charge is 0.268 e. The van der Waals surface area contributed by atoms with E-state index in [1.54, 1.807) is 6.08 Å². The minimum absolute atomic E-state index is 0.000343. The summed E-state index contributed by atoms with van der Waals surface area (Å²) in [5.41, 5.74) is 0. The number of carbonyl (C=O) groups is 1. The largest absolute Gasteiger partial charge is 0.756 e. The molecule has 9 heteroatoms. The second kappa shape index (κ2) is 46.1. The fourth-order valence-corrected chi connectivity index (χ4v) is 8.81. The zero-order valence-corrected chi connectivity index (χ0v) is 43.4. The Bertz CT molecular complexity index is 1080. The van der Waals surface area contributed by atoms with Gasteiger partial charge in [-0.2, -0.15) is 0 Å². The summed E-state index contributed by atoms with van der Waals surface area (Å²) in [6, 6.07) is -0.887. The molecule has 0 saturated carbocycles. The number of carbonyl (C=O) groups excluding carboxylic acids is 1. The van der Waals surface area contributed by atoms with E-state index in [0.29, 0.717) is 17.4 Å². The molecule has 3 atom stereocenters. The van der Waals surface area contributed by atoms with E-state index >= 15 is 0 Å². The summed E-state index contributed by atoms with van der Waals surface area (Å²) in [7, 11) is 1.27. The molecule has 0 aromatic heterocycles. The van der Waals surface area contributed by atoms with Crippen LogP contribution < -0.4 is 10.2 Å². The van der Waals surface area contributed by atoms with Crippen LogP contribution in [0.15, 0.2) is 24.3 Å². The number of unbranched alkanes of at least 4 members (excludes halogenated alkanes) is 35. The first-order chi connectivity index (χ1) is 30.5. The molecule has 0 aromatic rings. The summed E-state index contributed by atoms with van der Waals surface area (Å²) in [5.74, 6) is -0.199. The molecule has 0 spiro atoms. The lowest BCUT2D eigenvalue weighted by Crippen LogP contribution is -2.45. The van der Waals surface area contributed by atoms with Gasteiger partial charge in [0, 0.05) is 6.42 Å². The van der Waals surface area contributed by atoms with Gasteiger partial charge in [0.1, 0.15) is 13.2 Å². The summed E-state index contributed by atoms with van der Waals surface area (Å²) in [6.45, 7) is 4.67. The molecule has 0 radical (unpaired) electrons. The van der Waals surface area contributed by atoms with Crippen molar-refractivity contribution in [1.82, 2.24) is 5.32 Å². The topological polar surface area (TPSA) is 108 Å². The van der Waals surface area contributed by atoms with Crippen LogP contribution in [0.4, 0.5) is 0 Å². The maximum absolute atomic E-state index is 12.9. The van der Waals surface area contributed by atoms with Crippen molar-refractivity contribution < 1.29 is 32.9 Å². The van der Waals surface area contributed by atoms with Gasteiger partial charge in [-0.25, -0.2) is 0 Å². The predicted molar refractivity (Wildman–Crippen MR) is 270 cm³/mol. The highest BCUT2D eigenvalue weighted by Crippen LogP contribution is 2.38. The highest BCUT2D eigenvalue weighted by atomic mass is 31.2. The van der Waals surface area contributed by atoms with Crippen molar-refractivity contribution in [3.8, 4) is 0 Å². The van der Waals surface area contributed by atoms with E-state index < -0.39 is 20.0 Å².